The molecule has 3 rings (SSSR count). The van der Waals surface area contributed by atoms with Gasteiger partial charge in [-0.2, -0.15) is 0 Å². The third kappa shape index (κ3) is 3.06. The molecule has 2 atom stereocenters. The van der Waals surface area contributed by atoms with Crippen LogP contribution >= 0.6 is 0 Å². The molecule has 1 aromatic heterocycles. The van der Waals surface area contributed by atoms with Gasteiger partial charge in [0.2, 0.25) is 0 Å². The van der Waals surface area contributed by atoms with Crippen LogP contribution in [0.5, 0.6) is 0 Å². The lowest BCUT2D eigenvalue weighted by Crippen LogP contribution is -2.51. The number of carbonyl (C=O) groups is 1. The third-order valence-electron chi connectivity index (χ3n) is 4.86. The van der Waals surface area contributed by atoms with Crippen molar-refractivity contribution in [1.29, 1.82) is 0 Å². The summed E-state index contributed by atoms with van der Waals surface area (Å²) in [6.45, 7) is 7.31. The van der Waals surface area contributed by atoms with Crippen LogP contribution in [0.25, 0.3) is 5.69 Å². The predicted octanol–water partition coefficient (Wildman–Crippen LogP) is 2.08. The lowest BCUT2D eigenvalue weighted by molar-refractivity contribution is 0.0532. The summed E-state index contributed by atoms with van der Waals surface area (Å²) in [5.74, 6) is 0.457. The largest absolute Gasteiger partial charge is 0.334 e. The number of nitrogens with two attached hydrogens (primary N) is 1. The Morgan fingerprint density at radius 1 is 1.38 bits per heavy atom. The molecule has 1 aromatic carbocycles. The molecule has 1 amide bonds. The number of amides is 1. The molecule has 0 radical (unpaired) electrons. The summed E-state index contributed by atoms with van der Waals surface area (Å²) in [7, 11) is 0. The molecule has 2 aromatic rings. The van der Waals surface area contributed by atoms with E-state index in [-0.39, 0.29) is 11.9 Å². The first-order valence-electron chi connectivity index (χ1n) is 8.52. The van der Waals surface area contributed by atoms with Crippen molar-refractivity contribution in [3.63, 3.8) is 0 Å². The van der Waals surface area contributed by atoms with Gasteiger partial charge < -0.3 is 10.6 Å². The van der Waals surface area contributed by atoms with E-state index in [2.05, 4.69) is 17.2 Å². The maximum Gasteiger partial charge on any atom is 0.256 e. The van der Waals surface area contributed by atoms with Gasteiger partial charge in [0, 0.05) is 19.1 Å². The number of benzene rings is 1. The first-order valence-corrected chi connectivity index (χ1v) is 8.52. The maximum absolute atomic E-state index is 13.3. The normalized spacial score (nSPS) is 21.1. The Morgan fingerprint density at radius 3 is 2.83 bits per heavy atom. The van der Waals surface area contributed by atoms with Crippen molar-refractivity contribution in [3.8, 4) is 5.69 Å². The molecule has 1 saturated heterocycles. The number of likely N-dealkylation sites (tertiary alicyclic amines) is 1. The Labute approximate surface area is 142 Å². The molecule has 2 heterocycles. The molecule has 0 bridgehead atoms. The van der Waals surface area contributed by atoms with E-state index < -0.39 is 0 Å². The van der Waals surface area contributed by atoms with Gasteiger partial charge in [-0.1, -0.05) is 23.8 Å². The molecular weight excluding hydrogens is 302 g/mol. The molecule has 0 aliphatic carbocycles. The van der Waals surface area contributed by atoms with Gasteiger partial charge in [-0.15, -0.1) is 5.10 Å². The summed E-state index contributed by atoms with van der Waals surface area (Å²) >= 11 is 0. The molecule has 24 heavy (non-hydrogen) atoms. The number of carbonyl (C=O) groups excluding carboxylic acids is 1. The zero-order valence-electron chi connectivity index (χ0n) is 14.6. The van der Waals surface area contributed by atoms with Gasteiger partial charge in [-0.3, -0.25) is 4.79 Å². The second kappa shape index (κ2) is 6.73. The smallest absolute Gasteiger partial charge is 0.256 e. The minimum absolute atomic E-state index is 0.0313. The average Bonchev–Trinajstić information content (AvgIpc) is 3.00. The molecule has 0 saturated carbocycles. The van der Waals surface area contributed by atoms with Crippen LogP contribution in [0.1, 0.15) is 41.4 Å². The van der Waals surface area contributed by atoms with E-state index in [0.29, 0.717) is 18.0 Å². The van der Waals surface area contributed by atoms with Crippen LogP contribution < -0.4 is 5.73 Å². The van der Waals surface area contributed by atoms with Gasteiger partial charge in [0.15, 0.2) is 0 Å². The number of hydrogen-bond donors (Lipinski definition) is 1. The summed E-state index contributed by atoms with van der Waals surface area (Å²) in [6.07, 6.45) is 3.97. The van der Waals surface area contributed by atoms with Crippen molar-refractivity contribution in [1.82, 2.24) is 19.9 Å². The molecule has 0 spiro atoms. The van der Waals surface area contributed by atoms with Gasteiger partial charge >= 0.3 is 0 Å². The Kier molecular flexibility index (Phi) is 4.66. The fourth-order valence-corrected chi connectivity index (χ4v) is 3.50. The third-order valence-corrected chi connectivity index (χ3v) is 4.86. The van der Waals surface area contributed by atoms with Crippen LogP contribution in [0.2, 0.25) is 0 Å². The monoisotopic (exact) mass is 327 g/mol. The Balaban J connectivity index is 2.01. The molecule has 2 unspecified atom stereocenters. The summed E-state index contributed by atoms with van der Waals surface area (Å²) in [5.41, 5.74) is 9.25. The number of aromatic nitrogens is 3. The van der Waals surface area contributed by atoms with Crippen LogP contribution in [-0.2, 0) is 0 Å². The van der Waals surface area contributed by atoms with Crippen molar-refractivity contribution < 1.29 is 4.79 Å². The molecule has 1 aliphatic heterocycles. The van der Waals surface area contributed by atoms with E-state index in [0.717, 1.165) is 36.3 Å². The molecular formula is C18H25N5O. The first kappa shape index (κ1) is 16.6. The number of nitrogens with zero attached hydrogens (tertiary/aromatic N) is 4. The second-order valence-corrected chi connectivity index (χ2v) is 6.75. The Hall–Kier alpha value is -2.21. The summed E-state index contributed by atoms with van der Waals surface area (Å²) < 4.78 is 1.67. The van der Waals surface area contributed by atoms with Crippen LogP contribution in [0.3, 0.4) is 0 Å². The number of aryl methyl sites for hydroxylation is 2. The summed E-state index contributed by atoms with van der Waals surface area (Å²) in [4.78, 5) is 15.2. The first-order chi connectivity index (χ1) is 11.5. The van der Waals surface area contributed by atoms with Crippen LogP contribution in [0, 0.1) is 19.8 Å². The second-order valence-electron chi connectivity index (χ2n) is 6.75. The van der Waals surface area contributed by atoms with Gasteiger partial charge in [0.25, 0.3) is 5.91 Å². The van der Waals surface area contributed by atoms with Gasteiger partial charge in [0.05, 0.1) is 23.1 Å². The van der Waals surface area contributed by atoms with E-state index in [1.54, 1.807) is 4.68 Å². The number of piperidine rings is 1. The van der Waals surface area contributed by atoms with Crippen LogP contribution in [0.4, 0.5) is 0 Å². The van der Waals surface area contributed by atoms with E-state index >= 15 is 0 Å². The van der Waals surface area contributed by atoms with Gasteiger partial charge in [-0.05, 0) is 44.7 Å². The average molecular weight is 327 g/mol. The minimum atomic E-state index is 0.0313. The lowest BCUT2D eigenvalue weighted by Gasteiger charge is -2.39. The highest BCUT2D eigenvalue weighted by Gasteiger charge is 2.32. The quantitative estimate of drug-likeness (QED) is 0.936. The van der Waals surface area contributed by atoms with E-state index in [1.165, 1.54) is 0 Å². The fraction of sp³-hybridized carbons (Fsp3) is 0.500. The molecule has 6 heteroatoms. The molecule has 2 N–H and O–H groups in total. The SMILES string of the molecule is Cc1ccc(-n2cc(C)nn2)c(C(=O)N2CCCC(C)C2CN)c1. The summed E-state index contributed by atoms with van der Waals surface area (Å²) in [5, 5.41) is 8.17. The zero-order valence-corrected chi connectivity index (χ0v) is 14.6. The molecule has 128 valence electrons. The van der Waals surface area contributed by atoms with E-state index in [9.17, 15) is 4.79 Å². The molecule has 1 fully saturated rings. The maximum atomic E-state index is 13.3. The molecule has 6 nitrogen and oxygen atoms in total. The van der Waals surface area contributed by atoms with Gasteiger partial charge in [0.1, 0.15) is 0 Å². The topological polar surface area (TPSA) is 77.0 Å². The van der Waals surface area contributed by atoms with Gasteiger partial charge in [-0.25, -0.2) is 4.68 Å². The predicted molar refractivity (Wildman–Crippen MR) is 93.1 cm³/mol. The van der Waals surface area contributed by atoms with Crippen molar-refractivity contribution in [2.24, 2.45) is 11.7 Å². The highest BCUT2D eigenvalue weighted by atomic mass is 16.2. The Morgan fingerprint density at radius 2 is 2.17 bits per heavy atom. The van der Waals surface area contributed by atoms with Crippen LogP contribution in [0.15, 0.2) is 24.4 Å². The lowest BCUT2D eigenvalue weighted by atomic mass is 9.90. The van der Waals surface area contributed by atoms with Crippen molar-refractivity contribution in [3.05, 3.63) is 41.2 Å². The van der Waals surface area contributed by atoms with Crippen LogP contribution in [-0.4, -0.2) is 44.9 Å². The van der Waals surface area contributed by atoms with E-state index in [4.69, 9.17) is 5.73 Å². The van der Waals surface area contributed by atoms with E-state index in [1.807, 2.05) is 43.1 Å². The fourth-order valence-electron chi connectivity index (χ4n) is 3.50. The Bertz CT molecular complexity index is 739. The van der Waals surface area contributed by atoms with Crippen molar-refractivity contribution in [2.45, 2.75) is 39.7 Å². The number of hydrogen-bond acceptors (Lipinski definition) is 4. The highest BCUT2D eigenvalue weighted by Crippen LogP contribution is 2.26. The highest BCUT2D eigenvalue weighted by molar-refractivity contribution is 5.98. The molecule has 1 aliphatic rings. The minimum Gasteiger partial charge on any atom is -0.334 e. The van der Waals surface area contributed by atoms with Crippen molar-refractivity contribution >= 4 is 5.91 Å². The summed E-state index contributed by atoms with van der Waals surface area (Å²) in [6, 6.07) is 5.95. The number of rotatable bonds is 3. The van der Waals surface area contributed by atoms with Crippen molar-refractivity contribution in [2.75, 3.05) is 13.1 Å². The standard InChI is InChI=1S/C18H25N5O/c1-12-6-7-16(23-11-14(3)20-21-23)15(9-12)18(24)22-8-4-5-13(2)17(22)10-19/h6-7,9,11,13,17H,4-5,8,10,19H2,1-3H3. The zero-order chi connectivity index (χ0) is 17.3.